The Morgan fingerprint density at radius 2 is 1.68 bits per heavy atom. The molecule has 0 aromatic heterocycles. The van der Waals surface area contributed by atoms with Gasteiger partial charge >= 0.3 is 18.2 Å². The van der Waals surface area contributed by atoms with E-state index in [1.807, 2.05) is 43.3 Å². The third-order valence-electron chi connectivity index (χ3n) is 7.21. The second kappa shape index (κ2) is 11.5. The molecule has 200 valence electrons. The highest BCUT2D eigenvalue weighted by atomic mass is 19.4. The summed E-state index contributed by atoms with van der Waals surface area (Å²) in [6.45, 7) is 3.47. The first-order valence-corrected chi connectivity index (χ1v) is 12.5. The van der Waals surface area contributed by atoms with Gasteiger partial charge in [-0.15, -0.1) is 0 Å². The number of nitrogens with zero attached hydrogens (tertiary/aromatic N) is 3. The summed E-state index contributed by atoms with van der Waals surface area (Å²) < 4.78 is 58.4. The summed E-state index contributed by atoms with van der Waals surface area (Å²) in [5, 5.41) is 0. The predicted molar refractivity (Wildman–Crippen MR) is 129 cm³/mol. The standard InChI is InChI=1S/C27H31F4N3O3/c1-19-17-33(26(36)37-18-20-6-3-2-4-7-20)14-15-34(19)24(22-8-5-9-23(28)16-22)21-10-12-32(13-11-21)25(35)27(29,30)31/h2-9,16,19,21,24H,10-15,17-18H2,1H3/t19-,24+/m0/s1. The van der Waals surface area contributed by atoms with Crippen molar-refractivity contribution in [1.82, 2.24) is 14.7 Å². The molecular formula is C27H31F4N3O3. The average Bonchev–Trinajstić information content (AvgIpc) is 2.88. The number of carbonyl (C=O) groups excluding carboxylic acids is 2. The summed E-state index contributed by atoms with van der Waals surface area (Å²) in [4.78, 5) is 29.1. The Labute approximate surface area is 213 Å². The van der Waals surface area contributed by atoms with Crippen LogP contribution in [0.15, 0.2) is 54.6 Å². The van der Waals surface area contributed by atoms with Crippen LogP contribution in [0.4, 0.5) is 22.4 Å². The number of likely N-dealkylation sites (tertiary alicyclic amines) is 1. The molecule has 2 aromatic rings. The van der Waals surface area contributed by atoms with E-state index >= 15 is 0 Å². The van der Waals surface area contributed by atoms with E-state index in [1.165, 1.54) is 12.1 Å². The first kappa shape index (κ1) is 26.9. The molecule has 0 saturated carbocycles. The summed E-state index contributed by atoms with van der Waals surface area (Å²) in [6, 6.07) is 15.3. The number of piperidine rings is 1. The van der Waals surface area contributed by atoms with E-state index in [0.29, 0.717) is 32.5 Å². The van der Waals surface area contributed by atoms with Gasteiger partial charge in [0.25, 0.3) is 0 Å². The minimum atomic E-state index is -4.89. The molecule has 10 heteroatoms. The van der Waals surface area contributed by atoms with E-state index < -0.39 is 18.2 Å². The molecule has 0 radical (unpaired) electrons. The van der Waals surface area contributed by atoms with Gasteiger partial charge in [-0.3, -0.25) is 9.69 Å². The van der Waals surface area contributed by atoms with Crippen LogP contribution in [0, 0.1) is 11.7 Å². The molecule has 0 N–H and O–H groups in total. The number of halogens is 4. The van der Waals surface area contributed by atoms with Crippen molar-refractivity contribution in [2.45, 2.75) is 44.6 Å². The Bertz CT molecular complexity index is 1070. The van der Waals surface area contributed by atoms with E-state index in [4.69, 9.17) is 4.74 Å². The lowest BCUT2D eigenvalue weighted by Gasteiger charge is -2.47. The summed E-state index contributed by atoms with van der Waals surface area (Å²) >= 11 is 0. The van der Waals surface area contributed by atoms with Gasteiger partial charge in [0.2, 0.25) is 0 Å². The highest BCUT2D eigenvalue weighted by Gasteiger charge is 2.45. The highest BCUT2D eigenvalue weighted by Crippen LogP contribution is 2.38. The van der Waals surface area contributed by atoms with E-state index in [2.05, 4.69) is 4.90 Å². The maximum atomic E-state index is 14.2. The second-order valence-corrected chi connectivity index (χ2v) is 9.70. The molecule has 4 rings (SSSR count). The number of hydrogen-bond donors (Lipinski definition) is 0. The first-order valence-electron chi connectivity index (χ1n) is 12.5. The number of alkyl halides is 3. The summed E-state index contributed by atoms with van der Waals surface area (Å²) in [6.07, 6.45) is -4.56. The van der Waals surface area contributed by atoms with Crippen molar-refractivity contribution in [3.05, 3.63) is 71.5 Å². The van der Waals surface area contributed by atoms with Crippen LogP contribution in [0.25, 0.3) is 0 Å². The third kappa shape index (κ3) is 6.60. The zero-order valence-corrected chi connectivity index (χ0v) is 20.7. The van der Waals surface area contributed by atoms with Crippen LogP contribution >= 0.6 is 0 Å². The lowest BCUT2D eigenvalue weighted by molar-refractivity contribution is -0.187. The Hall–Kier alpha value is -3.14. The van der Waals surface area contributed by atoms with Gasteiger partial charge in [0.15, 0.2) is 0 Å². The number of rotatable bonds is 5. The Morgan fingerprint density at radius 3 is 2.30 bits per heavy atom. The Kier molecular flexibility index (Phi) is 8.36. The van der Waals surface area contributed by atoms with Gasteiger partial charge < -0.3 is 14.5 Å². The predicted octanol–water partition coefficient (Wildman–Crippen LogP) is 5.01. The fourth-order valence-electron chi connectivity index (χ4n) is 5.38. The first-order chi connectivity index (χ1) is 17.6. The normalized spacial score (nSPS) is 20.5. The lowest BCUT2D eigenvalue weighted by atomic mass is 9.83. The van der Waals surface area contributed by atoms with E-state index in [1.54, 1.807) is 11.0 Å². The molecule has 2 aliphatic heterocycles. The molecule has 2 atom stereocenters. The molecular weight excluding hydrogens is 490 g/mol. The molecule has 2 aliphatic rings. The fraction of sp³-hybridized carbons (Fsp3) is 0.481. The van der Waals surface area contributed by atoms with Crippen molar-refractivity contribution in [2.24, 2.45) is 5.92 Å². The van der Waals surface area contributed by atoms with Crippen LogP contribution in [0.1, 0.15) is 36.9 Å². The van der Waals surface area contributed by atoms with Crippen LogP contribution < -0.4 is 0 Å². The zero-order valence-electron chi connectivity index (χ0n) is 20.7. The molecule has 2 fully saturated rings. The van der Waals surface area contributed by atoms with Crippen LogP contribution in [-0.4, -0.2) is 71.6 Å². The highest BCUT2D eigenvalue weighted by molar-refractivity contribution is 5.81. The monoisotopic (exact) mass is 521 g/mol. The van der Waals surface area contributed by atoms with Gasteiger partial charge in [0.05, 0.1) is 0 Å². The van der Waals surface area contributed by atoms with Gasteiger partial charge in [-0.25, -0.2) is 9.18 Å². The molecule has 0 spiro atoms. The molecule has 2 heterocycles. The number of hydrogen-bond acceptors (Lipinski definition) is 4. The number of amides is 2. The topological polar surface area (TPSA) is 53.1 Å². The Morgan fingerprint density at radius 1 is 0.973 bits per heavy atom. The smallest absolute Gasteiger partial charge is 0.445 e. The van der Waals surface area contributed by atoms with Crippen molar-refractivity contribution in [3.63, 3.8) is 0 Å². The molecule has 2 amide bonds. The van der Waals surface area contributed by atoms with Gasteiger partial charge in [0, 0.05) is 44.8 Å². The molecule has 0 bridgehead atoms. The quantitative estimate of drug-likeness (QED) is 0.519. The minimum Gasteiger partial charge on any atom is -0.445 e. The van der Waals surface area contributed by atoms with Crippen molar-refractivity contribution < 1.29 is 31.9 Å². The third-order valence-corrected chi connectivity index (χ3v) is 7.21. The van der Waals surface area contributed by atoms with E-state index in [-0.39, 0.29) is 43.5 Å². The van der Waals surface area contributed by atoms with Crippen LogP contribution in [-0.2, 0) is 16.1 Å². The van der Waals surface area contributed by atoms with Crippen molar-refractivity contribution in [3.8, 4) is 0 Å². The number of benzene rings is 2. The second-order valence-electron chi connectivity index (χ2n) is 9.70. The summed E-state index contributed by atoms with van der Waals surface area (Å²) in [7, 11) is 0. The zero-order chi connectivity index (χ0) is 26.6. The van der Waals surface area contributed by atoms with Gasteiger partial charge in [-0.05, 0) is 48.9 Å². The SMILES string of the molecule is C[C@H]1CN(C(=O)OCc2ccccc2)CCN1[C@@H](c1cccc(F)c1)C1CCN(C(=O)C(F)(F)F)CC1. The van der Waals surface area contributed by atoms with Crippen molar-refractivity contribution >= 4 is 12.0 Å². The maximum absolute atomic E-state index is 14.2. The van der Waals surface area contributed by atoms with E-state index in [9.17, 15) is 27.2 Å². The minimum absolute atomic E-state index is 0.00498. The molecule has 0 unspecified atom stereocenters. The van der Waals surface area contributed by atoms with Crippen molar-refractivity contribution in [1.29, 1.82) is 0 Å². The number of ether oxygens (including phenoxy) is 1. The summed E-state index contributed by atoms with van der Waals surface area (Å²) in [5.74, 6) is -2.27. The van der Waals surface area contributed by atoms with Gasteiger partial charge in [-0.1, -0.05) is 42.5 Å². The molecule has 6 nitrogen and oxygen atoms in total. The van der Waals surface area contributed by atoms with Gasteiger partial charge in [0.1, 0.15) is 12.4 Å². The summed E-state index contributed by atoms with van der Waals surface area (Å²) in [5.41, 5.74) is 1.64. The maximum Gasteiger partial charge on any atom is 0.471 e. The largest absolute Gasteiger partial charge is 0.471 e. The fourth-order valence-corrected chi connectivity index (χ4v) is 5.38. The van der Waals surface area contributed by atoms with Gasteiger partial charge in [-0.2, -0.15) is 13.2 Å². The van der Waals surface area contributed by atoms with Crippen LogP contribution in [0.3, 0.4) is 0 Å². The van der Waals surface area contributed by atoms with Crippen LogP contribution in [0.5, 0.6) is 0 Å². The Balaban J connectivity index is 1.44. The van der Waals surface area contributed by atoms with E-state index in [0.717, 1.165) is 16.0 Å². The van der Waals surface area contributed by atoms with Crippen LogP contribution in [0.2, 0.25) is 0 Å². The lowest BCUT2D eigenvalue weighted by Crippen LogP contribution is -2.56. The number of carbonyl (C=O) groups is 2. The average molecular weight is 522 g/mol. The molecule has 2 aromatic carbocycles. The molecule has 0 aliphatic carbocycles. The molecule has 37 heavy (non-hydrogen) atoms. The molecule has 2 saturated heterocycles. The number of piperazine rings is 1. The van der Waals surface area contributed by atoms with Crippen molar-refractivity contribution in [2.75, 3.05) is 32.7 Å².